The van der Waals surface area contributed by atoms with E-state index in [0.29, 0.717) is 0 Å². The fourth-order valence-corrected chi connectivity index (χ4v) is 1.05. The Balaban J connectivity index is 2.96. The Morgan fingerprint density at radius 3 is 2.91 bits per heavy atom. The summed E-state index contributed by atoms with van der Waals surface area (Å²) in [6, 6.07) is 0. The van der Waals surface area contributed by atoms with E-state index in [1.807, 2.05) is 13.8 Å². The van der Waals surface area contributed by atoms with Crippen molar-refractivity contribution in [2.45, 2.75) is 13.8 Å². The predicted octanol–water partition coefficient (Wildman–Crippen LogP) is 1.98. The largest absolute Gasteiger partial charge is 0.370 e. The van der Waals surface area contributed by atoms with Crippen molar-refractivity contribution in [1.29, 1.82) is 0 Å². The lowest BCUT2D eigenvalue weighted by molar-refractivity contribution is 1.06. The molecule has 0 saturated heterocycles. The molecule has 1 N–H and O–H groups in total. The minimum Gasteiger partial charge on any atom is -0.370 e. The average Bonchev–Trinajstić information content (AvgIpc) is 1.99. The highest BCUT2D eigenvalue weighted by molar-refractivity contribution is 9.10. The van der Waals surface area contributed by atoms with Gasteiger partial charge in [0.05, 0.1) is 0 Å². The third-order valence-electron chi connectivity index (χ3n) is 1.37. The molecule has 0 aliphatic carbocycles. The smallest absolute Gasteiger partial charge is 0.133 e. The second-order valence-corrected chi connectivity index (χ2v) is 2.92. The molecule has 1 rings (SSSR count). The van der Waals surface area contributed by atoms with Crippen LogP contribution >= 0.6 is 15.9 Å². The summed E-state index contributed by atoms with van der Waals surface area (Å²) in [7, 11) is 0. The summed E-state index contributed by atoms with van der Waals surface area (Å²) < 4.78 is 0.850. The van der Waals surface area contributed by atoms with Crippen molar-refractivity contribution in [1.82, 2.24) is 9.97 Å². The summed E-state index contributed by atoms with van der Waals surface area (Å²) in [5, 5.41) is 3.14. The van der Waals surface area contributed by atoms with Crippen molar-refractivity contribution in [2.24, 2.45) is 0 Å². The lowest BCUT2D eigenvalue weighted by Gasteiger charge is -2.05. The molecular weight excluding hydrogens is 206 g/mol. The van der Waals surface area contributed by atoms with Crippen LogP contribution in [0.5, 0.6) is 0 Å². The maximum atomic E-state index is 4.08. The zero-order valence-corrected chi connectivity index (χ0v) is 8.14. The van der Waals surface area contributed by atoms with Crippen LogP contribution in [0.2, 0.25) is 0 Å². The van der Waals surface area contributed by atoms with Crippen molar-refractivity contribution in [3.63, 3.8) is 0 Å². The molecule has 0 spiro atoms. The van der Waals surface area contributed by atoms with Gasteiger partial charge < -0.3 is 5.32 Å². The lowest BCUT2D eigenvalue weighted by Crippen LogP contribution is -2.02. The number of hydrogen-bond donors (Lipinski definition) is 1. The zero-order chi connectivity index (χ0) is 8.27. The van der Waals surface area contributed by atoms with Crippen LogP contribution in [0.25, 0.3) is 0 Å². The molecule has 3 nitrogen and oxygen atoms in total. The van der Waals surface area contributed by atoms with Gasteiger partial charge in [0.25, 0.3) is 0 Å². The van der Waals surface area contributed by atoms with Crippen molar-refractivity contribution in [2.75, 3.05) is 11.9 Å². The van der Waals surface area contributed by atoms with E-state index in [0.717, 1.165) is 22.5 Å². The van der Waals surface area contributed by atoms with Crippen LogP contribution < -0.4 is 5.32 Å². The van der Waals surface area contributed by atoms with Crippen LogP contribution in [0.4, 0.5) is 5.82 Å². The van der Waals surface area contributed by atoms with Gasteiger partial charge in [-0.1, -0.05) is 0 Å². The summed E-state index contributed by atoms with van der Waals surface area (Å²) in [4.78, 5) is 8.06. The first-order chi connectivity index (χ1) is 5.25. The highest BCUT2D eigenvalue weighted by Gasteiger charge is 2.01. The van der Waals surface area contributed by atoms with E-state index in [9.17, 15) is 0 Å². The number of aromatic nitrogens is 2. The average molecular weight is 216 g/mol. The third kappa shape index (κ3) is 1.89. The third-order valence-corrected chi connectivity index (χ3v) is 2.17. The summed E-state index contributed by atoms with van der Waals surface area (Å²) in [6.45, 7) is 4.89. The summed E-state index contributed by atoms with van der Waals surface area (Å²) in [5.41, 5.74) is 1.05. The molecule has 0 bridgehead atoms. The lowest BCUT2D eigenvalue weighted by atomic mass is 10.3. The Kier molecular flexibility index (Phi) is 2.82. The quantitative estimate of drug-likeness (QED) is 0.768. The molecule has 0 aliphatic heterocycles. The number of rotatable bonds is 2. The van der Waals surface area contributed by atoms with E-state index < -0.39 is 0 Å². The van der Waals surface area contributed by atoms with Crippen LogP contribution in [0.3, 0.4) is 0 Å². The molecule has 0 aliphatic rings. The minimum atomic E-state index is 0.850. The van der Waals surface area contributed by atoms with Crippen molar-refractivity contribution >= 4 is 21.7 Å². The van der Waals surface area contributed by atoms with Gasteiger partial charge in [-0.2, -0.15) is 0 Å². The Morgan fingerprint density at radius 1 is 1.55 bits per heavy atom. The molecule has 0 aromatic carbocycles. The summed E-state index contributed by atoms with van der Waals surface area (Å²) in [6.07, 6.45) is 1.54. The van der Waals surface area contributed by atoms with Crippen LogP contribution in [0.1, 0.15) is 12.5 Å². The van der Waals surface area contributed by atoms with Crippen molar-refractivity contribution in [3.8, 4) is 0 Å². The molecule has 0 atom stereocenters. The molecule has 1 aromatic rings. The molecule has 1 aromatic heterocycles. The number of anilines is 1. The van der Waals surface area contributed by atoms with Crippen LogP contribution in [-0.4, -0.2) is 16.5 Å². The van der Waals surface area contributed by atoms with Gasteiger partial charge in [-0.15, -0.1) is 0 Å². The monoisotopic (exact) mass is 215 g/mol. The van der Waals surface area contributed by atoms with Crippen LogP contribution in [0.15, 0.2) is 10.9 Å². The molecule has 0 unspecified atom stereocenters. The molecule has 4 heteroatoms. The maximum Gasteiger partial charge on any atom is 0.133 e. The van der Waals surface area contributed by atoms with Gasteiger partial charge >= 0.3 is 0 Å². The summed E-state index contributed by atoms with van der Waals surface area (Å²) in [5.74, 6) is 0.898. The molecule has 0 fully saturated rings. The van der Waals surface area contributed by atoms with Gasteiger partial charge in [0.1, 0.15) is 16.7 Å². The predicted molar refractivity (Wildman–Crippen MR) is 48.6 cm³/mol. The number of halogens is 1. The van der Waals surface area contributed by atoms with E-state index in [4.69, 9.17) is 0 Å². The zero-order valence-electron chi connectivity index (χ0n) is 6.56. The number of nitrogens with one attached hydrogen (secondary N) is 1. The highest BCUT2D eigenvalue weighted by Crippen LogP contribution is 2.17. The highest BCUT2D eigenvalue weighted by atomic mass is 79.9. The van der Waals surface area contributed by atoms with E-state index in [1.54, 1.807) is 0 Å². The van der Waals surface area contributed by atoms with Crippen molar-refractivity contribution in [3.05, 3.63) is 16.5 Å². The first kappa shape index (κ1) is 8.46. The molecular formula is C7H10BrN3. The topological polar surface area (TPSA) is 37.8 Å². The molecule has 0 amide bonds. The van der Waals surface area contributed by atoms with Gasteiger partial charge in [0, 0.05) is 12.1 Å². The van der Waals surface area contributed by atoms with E-state index in [1.165, 1.54) is 6.33 Å². The Hall–Kier alpha value is -0.640. The van der Waals surface area contributed by atoms with E-state index in [-0.39, 0.29) is 0 Å². The minimum absolute atomic E-state index is 0.850. The van der Waals surface area contributed by atoms with Crippen LogP contribution in [-0.2, 0) is 0 Å². The Bertz CT molecular complexity index is 249. The van der Waals surface area contributed by atoms with Crippen LogP contribution in [0, 0.1) is 6.92 Å². The molecule has 1 heterocycles. The van der Waals surface area contributed by atoms with Crippen molar-refractivity contribution < 1.29 is 0 Å². The van der Waals surface area contributed by atoms with Gasteiger partial charge in [-0.25, -0.2) is 9.97 Å². The number of hydrogen-bond acceptors (Lipinski definition) is 3. The first-order valence-corrected chi connectivity index (χ1v) is 4.26. The maximum absolute atomic E-state index is 4.08. The van der Waals surface area contributed by atoms with Gasteiger partial charge in [-0.05, 0) is 29.8 Å². The van der Waals surface area contributed by atoms with Gasteiger partial charge in [0.15, 0.2) is 0 Å². The van der Waals surface area contributed by atoms with E-state index >= 15 is 0 Å². The summed E-state index contributed by atoms with van der Waals surface area (Å²) >= 11 is 3.32. The second-order valence-electron chi connectivity index (χ2n) is 2.17. The standard InChI is InChI=1S/C7H10BrN3/c1-3-9-7-5(2)6(8)10-4-11-7/h4H,3H2,1-2H3,(H,9,10,11). The second kappa shape index (κ2) is 3.67. The molecule has 11 heavy (non-hydrogen) atoms. The normalized spacial score (nSPS) is 9.73. The van der Waals surface area contributed by atoms with E-state index in [2.05, 4.69) is 31.2 Å². The molecule has 0 saturated carbocycles. The fraction of sp³-hybridized carbons (Fsp3) is 0.429. The fourth-order valence-electron chi connectivity index (χ4n) is 0.774. The molecule has 60 valence electrons. The number of nitrogens with zero attached hydrogens (tertiary/aromatic N) is 2. The SMILES string of the molecule is CCNc1ncnc(Br)c1C. The van der Waals surface area contributed by atoms with Gasteiger partial charge in [0.2, 0.25) is 0 Å². The first-order valence-electron chi connectivity index (χ1n) is 3.46. The molecule has 0 radical (unpaired) electrons. The Morgan fingerprint density at radius 2 is 2.27 bits per heavy atom. The Labute approximate surface area is 74.4 Å². The van der Waals surface area contributed by atoms with Gasteiger partial charge in [-0.3, -0.25) is 0 Å².